The first-order valence-corrected chi connectivity index (χ1v) is 7.01. The van der Waals surface area contributed by atoms with Crippen molar-refractivity contribution in [2.75, 3.05) is 6.54 Å². The second-order valence-corrected chi connectivity index (χ2v) is 6.88. The third-order valence-electron chi connectivity index (χ3n) is 2.45. The van der Waals surface area contributed by atoms with Gasteiger partial charge in [0.2, 0.25) is 0 Å². The Labute approximate surface area is 114 Å². The molecule has 3 N–H and O–H groups in total. The molecule has 0 radical (unpaired) electrons. The monoisotopic (exact) mass is 266 g/mol. The van der Waals surface area contributed by atoms with Crippen LogP contribution in [0.5, 0.6) is 0 Å². The summed E-state index contributed by atoms with van der Waals surface area (Å²) in [6.45, 7) is 8.53. The van der Waals surface area contributed by atoms with Crippen LogP contribution in [0, 0.1) is 0 Å². The number of hydrogen-bond acceptors (Lipinski definition) is 3. The lowest BCUT2D eigenvalue weighted by Gasteiger charge is -2.24. The number of nitrogens with one attached hydrogen (secondary N) is 1. The van der Waals surface area contributed by atoms with Gasteiger partial charge in [-0.05, 0) is 38.1 Å². The van der Waals surface area contributed by atoms with Gasteiger partial charge in [-0.1, -0.05) is 13.8 Å². The molecule has 1 rings (SSSR count). The third-order valence-corrected chi connectivity index (χ3v) is 3.47. The van der Waals surface area contributed by atoms with Gasteiger partial charge in [0.1, 0.15) is 0 Å². The van der Waals surface area contributed by atoms with Crippen molar-refractivity contribution < 1.29 is 4.79 Å². The molecule has 0 aliphatic carbocycles. The summed E-state index contributed by atoms with van der Waals surface area (Å²) in [7, 11) is 0. The van der Waals surface area contributed by atoms with Crippen LogP contribution < -0.4 is 11.1 Å². The van der Waals surface area contributed by atoms with E-state index in [1.54, 1.807) is 11.8 Å². The quantitative estimate of drug-likeness (QED) is 0.806. The molecule has 0 spiro atoms. The Morgan fingerprint density at radius 2 is 1.89 bits per heavy atom. The molecule has 0 unspecified atom stereocenters. The highest BCUT2D eigenvalue weighted by molar-refractivity contribution is 7.99. The SMILES string of the molecule is CC(C)Sc1ccc(C(=O)NC(C)(C)CN)cc1. The molecule has 0 fully saturated rings. The minimum atomic E-state index is -0.373. The Hall–Kier alpha value is -1.00. The van der Waals surface area contributed by atoms with Crippen molar-refractivity contribution >= 4 is 17.7 Å². The second kappa shape index (κ2) is 6.25. The van der Waals surface area contributed by atoms with E-state index < -0.39 is 0 Å². The van der Waals surface area contributed by atoms with Crippen molar-refractivity contribution in [3.05, 3.63) is 29.8 Å². The van der Waals surface area contributed by atoms with Gasteiger partial charge in [0.05, 0.1) is 0 Å². The number of carbonyl (C=O) groups is 1. The lowest BCUT2D eigenvalue weighted by atomic mass is 10.1. The van der Waals surface area contributed by atoms with Crippen molar-refractivity contribution in [3.63, 3.8) is 0 Å². The van der Waals surface area contributed by atoms with Crippen molar-refractivity contribution in [3.8, 4) is 0 Å². The Balaban J connectivity index is 2.70. The number of hydrogen-bond donors (Lipinski definition) is 2. The van der Waals surface area contributed by atoms with E-state index in [-0.39, 0.29) is 11.4 Å². The molecule has 4 heteroatoms. The predicted octanol–water partition coefficient (Wildman–Crippen LogP) is 2.65. The maximum absolute atomic E-state index is 12.0. The molecule has 0 atom stereocenters. The molecule has 0 aromatic heterocycles. The molecule has 1 amide bonds. The van der Waals surface area contributed by atoms with Crippen LogP contribution in [-0.4, -0.2) is 23.2 Å². The fourth-order valence-electron chi connectivity index (χ4n) is 1.39. The van der Waals surface area contributed by atoms with Gasteiger partial charge in [-0.3, -0.25) is 4.79 Å². The Morgan fingerprint density at radius 1 is 1.33 bits per heavy atom. The van der Waals surface area contributed by atoms with Gasteiger partial charge in [-0.15, -0.1) is 11.8 Å². The van der Waals surface area contributed by atoms with E-state index in [0.29, 0.717) is 17.4 Å². The fourth-order valence-corrected chi connectivity index (χ4v) is 2.23. The first kappa shape index (κ1) is 15.1. The standard InChI is InChI=1S/C14H22N2OS/c1-10(2)18-12-7-5-11(6-8-12)13(17)16-14(3,4)9-15/h5-8,10H,9,15H2,1-4H3,(H,16,17). The Bertz CT molecular complexity index is 399. The topological polar surface area (TPSA) is 55.1 Å². The molecule has 0 saturated carbocycles. The number of rotatable bonds is 5. The molecule has 0 aliphatic rings. The number of carbonyl (C=O) groups excluding carboxylic acids is 1. The summed E-state index contributed by atoms with van der Waals surface area (Å²) in [6.07, 6.45) is 0. The van der Waals surface area contributed by atoms with Crippen molar-refractivity contribution in [1.29, 1.82) is 0 Å². The van der Waals surface area contributed by atoms with Gasteiger partial charge >= 0.3 is 0 Å². The van der Waals surface area contributed by atoms with E-state index in [1.165, 1.54) is 4.90 Å². The average Bonchev–Trinajstić information content (AvgIpc) is 2.28. The van der Waals surface area contributed by atoms with Crippen LogP contribution in [0.3, 0.4) is 0 Å². The van der Waals surface area contributed by atoms with Gasteiger partial charge in [0.15, 0.2) is 0 Å². The highest BCUT2D eigenvalue weighted by Gasteiger charge is 2.19. The summed E-state index contributed by atoms with van der Waals surface area (Å²) in [5.41, 5.74) is 5.89. The van der Waals surface area contributed by atoms with Crippen LogP contribution in [-0.2, 0) is 0 Å². The van der Waals surface area contributed by atoms with Crippen molar-refractivity contribution in [2.45, 2.75) is 43.4 Å². The van der Waals surface area contributed by atoms with Crippen LogP contribution in [0.4, 0.5) is 0 Å². The normalized spacial score (nSPS) is 11.7. The maximum atomic E-state index is 12.0. The zero-order chi connectivity index (χ0) is 13.8. The molecule has 3 nitrogen and oxygen atoms in total. The molecule has 18 heavy (non-hydrogen) atoms. The molecule has 1 aromatic rings. The number of amides is 1. The first-order chi connectivity index (χ1) is 8.34. The van der Waals surface area contributed by atoms with Gasteiger partial charge in [-0.25, -0.2) is 0 Å². The summed E-state index contributed by atoms with van der Waals surface area (Å²) in [4.78, 5) is 13.2. The summed E-state index contributed by atoms with van der Waals surface area (Å²) >= 11 is 1.78. The maximum Gasteiger partial charge on any atom is 0.251 e. The largest absolute Gasteiger partial charge is 0.346 e. The van der Waals surface area contributed by atoms with Crippen LogP contribution in [0.15, 0.2) is 29.2 Å². The van der Waals surface area contributed by atoms with Crippen molar-refractivity contribution in [2.24, 2.45) is 5.73 Å². The van der Waals surface area contributed by atoms with Gasteiger partial charge in [-0.2, -0.15) is 0 Å². The minimum Gasteiger partial charge on any atom is -0.346 e. The van der Waals surface area contributed by atoms with E-state index in [1.807, 2.05) is 38.1 Å². The minimum absolute atomic E-state index is 0.0773. The lowest BCUT2D eigenvalue weighted by molar-refractivity contribution is 0.0915. The predicted molar refractivity (Wildman–Crippen MR) is 78.0 cm³/mol. The lowest BCUT2D eigenvalue weighted by Crippen LogP contribution is -2.48. The van der Waals surface area contributed by atoms with Crippen LogP contribution in [0.25, 0.3) is 0 Å². The summed E-state index contributed by atoms with van der Waals surface area (Å²) in [5, 5.41) is 3.45. The number of thioether (sulfide) groups is 1. The van der Waals surface area contributed by atoms with E-state index in [4.69, 9.17) is 5.73 Å². The molecule has 0 heterocycles. The first-order valence-electron chi connectivity index (χ1n) is 6.13. The third kappa shape index (κ3) is 4.70. The highest BCUT2D eigenvalue weighted by atomic mass is 32.2. The number of nitrogens with two attached hydrogens (primary N) is 1. The molecule has 1 aromatic carbocycles. The van der Waals surface area contributed by atoms with E-state index in [2.05, 4.69) is 19.2 Å². The fraction of sp³-hybridized carbons (Fsp3) is 0.500. The molecule has 100 valence electrons. The summed E-state index contributed by atoms with van der Waals surface area (Å²) < 4.78 is 0. The zero-order valence-corrected chi connectivity index (χ0v) is 12.3. The average molecular weight is 266 g/mol. The zero-order valence-electron chi connectivity index (χ0n) is 11.5. The van der Waals surface area contributed by atoms with Gasteiger partial charge < -0.3 is 11.1 Å². The van der Waals surface area contributed by atoms with E-state index in [0.717, 1.165) is 0 Å². The molecule has 0 saturated heterocycles. The van der Waals surface area contributed by atoms with E-state index in [9.17, 15) is 4.79 Å². The van der Waals surface area contributed by atoms with E-state index >= 15 is 0 Å². The van der Waals surface area contributed by atoms with Gasteiger partial charge in [0, 0.05) is 27.8 Å². The molecule has 0 aliphatic heterocycles. The van der Waals surface area contributed by atoms with Crippen LogP contribution in [0.1, 0.15) is 38.1 Å². The molecule has 0 bridgehead atoms. The van der Waals surface area contributed by atoms with Crippen LogP contribution in [0.2, 0.25) is 0 Å². The summed E-state index contributed by atoms with van der Waals surface area (Å²) in [6, 6.07) is 7.67. The second-order valence-electron chi connectivity index (χ2n) is 5.23. The summed E-state index contributed by atoms with van der Waals surface area (Å²) in [5.74, 6) is -0.0773. The van der Waals surface area contributed by atoms with Gasteiger partial charge in [0.25, 0.3) is 5.91 Å². The molecular weight excluding hydrogens is 244 g/mol. The van der Waals surface area contributed by atoms with Crippen molar-refractivity contribution in [1.82, 2.24) is 5.32 Å². The smallest absolute Gasteiger partial charge is 0.251 e. The Kier molecular flexibility index (Phi) is 5.23. The van der Waals surface area contributed by atoms with Crippen LogP contribution >= 0.6 is 11.8 Å². The highest BCUT2D eigenvalue weighted by Crippen LogP contribution is 2.22. The Morgan fingerprint density at radius 3 is 2.33 bits per heavy atom. The number of benzene rings is 1. The molecular formula is C14H22N2OS.